The number of rotatable bonds is 3. The van der Waals surface area contributed by atoms with Crippen molar-refractivity contribution in [3.8, 4) is 39.8 Å². The third-order valence-corrected chi connectivity index (χ3v) is 10.5. The molecule has 7 heterocycles. The molecule has 256 valence electrons. The molecule has 4 atom stereocenters. The van der Waals surface area contributed by atoms with Gasteiger partial charge in [-0.05, 0) is 43.0 Å². The Morgan fingerprint density at radius 3 is 2.69 bits per heavy atom. The fourth-order valence-electron chi connectivity index (χ4n) is 8.25. The Morgan fingerprint density at radius 1 is 1.00 bits per heavy atom. The maximum atomic E-state index is 14.1. The van der Waals surface area contributed by atoms with E-state index in [2.05, 4.69) is 45.2 Å². The second kappa shape index (κ2) is 10.5. The van der Waals surface area contributed by atoms with Gasteiger partial charge in [0.05, 0.1) is 12.3 Å². The van der Waals surface area contributed by atoms with Crippen LogP contribution >= 0.6 is 0 Å². The summed E-state index contributed by atoms with van der Waals surface area (Å²) in [5.74, 6) is 1.77. The van der Waals surface area contributed by atoms with Gasteiger partial charge in [-0.1, -0.05) is 56.3 Å². The molecule has 0 fully saturated rings. The largest absolute Gasteiger partial charge is 0.469 e. The number of ether oxygens (including phenoxy) is 2. The minimum Gasteiger partial charge on any atom is -0.469 e. The maximum Gasteiger partial charge on any atom is 0.408 e. The molecule has 4 aliphatic heterocycles. The predicted octanol–water partition coefficient (Wildman–Crippen LogP) is 6.81. The number of nitrogens with zero attached hydrogens (tertiary/aromatic N) is 2. The highest BCUT2D eigenvalue weighted by Gasteiger charge is 2.61. The summed E-state index contributed by atoms with van der Waals surface area (Å²) in [6.45, 7) is 7.49. The van der Waals surface area contributed by atoms with Gasteiger partial charge in [0.15, 0.2) is 23.4 Å². The van der Waals surface area contributed by atoms with Crippen LogP contribution in [0.5, 0.6) is 5.75 Å². The van der Waals surface area contributed by atoms with Crippen molar-refractivity contribution in [1.29, 1.82) is 0 Å². The molecule has 3 aromatic carbocycles. The third kappa shape index (κ3) is 4.13. The quantitative estimate of drug-likeness (QED) is 0.157. The van der Waals surface area contributed by atoms with E-state index in [9.17, 15) is 9.59 Å². The Hall–Kier alpha value is -6.04. The van der Waals surface area contributed by atoms with Crippen molar-refractivity contribution in [2.75, 3.05) is 5.32 Å². The third-order valence-electron chi connectivity index (χ3n) is 10.5. The van der Waals surface area contributed by atoms with Crippen LogP contribution in [0.3, 0.4) is 0 Å². The van der Waals surface area contributed by atoms with Gasteiger partial charge < -0.3 is 39.2 Å². The molecular formula is C39H34N6O6. The van der Waals surface area contributed by atoms with E-state index in [4.69, 9.17) is 28.3 Å². The number of alkyl carbamates (subject to hydrolysis) is 1. The molecular weight excluding hydrogens is 648 g/mol. The lowest BCUT2D eigenvalue weighted by Crippen LogP contribution is -2.50. The topological polar surface area (TPSA) is 157 Å². The zero-order valence-corrected chi connectivity index (χ0v) is 28.3. The van der Waals surface area contributed by atoms with Crippen molar-refractivity contribution in [3.63, 3.8) is 0 Å². The number of amides is 2. The molecule has 0 aliphatic carbocycles. The second-order valence-electron chi connectivity index (χ2n) is 14.3. The van der Waals surface area contributed by atoms with Gasteiger partial charge >= 0.3 is 6.09 Å². The van der Waals surface area contributed by atoms with E-state index in [0.717, 1.165) is 50.0 Å². The van der Waals surface area contributed by atoms with Gasteiger partial charge in [0.1, 0.15) is 23.2 Å². The van der Waals surface area contributed by atoms with E-state index in [1.54, 1.807) is 20.0 Å². The summed E-state index contributed by atoms with van der Waals surface area (Å²) in [5.41, 5.74) is 6.76. The highest BCUT2D eigenvalue weighted by Crippen LogP contribution is 2.61. The van der Waals surface area contributed by atoms with Crippen molar-refractivity contribution in [2.24, 2.45) is 5.92 Å². The number of hydrogen-bond acceptors (Lipinski definition) is 9. The number of hydrogen-bond donors (Lipinski definition) is 4. The standard InChI is InChI=1S/C39H34N6O6/c1-17(2)30-36-44-32-33(51-36)39-23-9-5-8-21(20-7-6-10-25-29(20)22(15-40-25)28-16-41-35(32)49-28)31(23)45-37(39)50-27-12-11-19(13-24(27)39)14-26(34(46)43-30)42-38(47)48-18(3)4/h5-13,15-18,26,30,37,40,45H,14H2,1-4H3,(H,42,47)(H,43,46)/t26?,30-,37?,39?/m0/s1. The molecule has 3 unspecified atom stereocenters. The molecule has 4 aliphatic rings. The van der Waals surface area contributed by atoms with E-state index in [1.807, 2.05) is 50.4 Å². The first-order valence-corrected chi connectivity index (χ1v) is 17.3. The number of aromatic amines is 1. The fourth-order valence-corrected chi connectivity index (χ4v) is 8.25. The fraction of sp³-hybridized carbons (Fsp3) is 0.282. The Labute approximate surface area is 291 Å². The van der Waals surface area contributed by atoms with Crippen LogP contribution in [-0.2, 0) is 21.4 Å². The first-order chi connectivity index (χ1) is 24.7. The predicted molar refractivity (Wildman–Crippen MR) is 187 cm³/mol. The normalized spacial score (nSPS) is 22.1. The molecule has 12 nitrogen and oxygen atoms in total. The first-order valence-electron chi connectivity index (χ1n) is 17.3. The van der Waals surface area contributed by atoms with Crippen LogP contribution in [0.2, 0.25) is 0 Å². The van der Waals surface area contributed by atoms with Crippen LogP contribution in [-0.4, -0.2) is 45.3 Å². The average Bonchev–Trinajstić information content (AvgIpc) is 3.92. The maximum absolute atomic E-state index is 14.1. The van der Waals surface area contributed by atoms with Gasteiger partial charge in [-0.3, -0.25) is 4.79 Å². The zero-order chi connectivity index (χ0) is 34.8. The van der Waals surface area contributed by atoms with Gasteiger partial charge in [-0.25, -0.2) is 14.8 Å². The lowest BCUT2D eigenvalue weighted by molar-refractivity contribution is -0.124. The molecule has 0 saturated heterocycles. The number of oxazole rings is 2. The number of carbonyl (C=O) groups excluding carboxylic acids is 2. The van der Waals surface area contributed by atoms with Crippen LogP contribution in [0.15, 0.2) is 75.8 Å². The van der Waals surface area contributed by atoms with E-state index in [-0.39, 0.29) is 30.2 Å². The lowest BCUT2D eigenvalue weighted by atomic mass is 9.72. The van der Waals surface area contributed by atoms with Crippen molar-refractivity contribution in [3.05, 3.63) is 95.3 Å². The summed E-state index contributed by atoms with van der Waals surface area (Å²) in [6, 6.07) is 16.8. The first kappa shape index (κ1) is 29.8. The van der Waals surface area contributed by atoms with Gasteiger partial charge in [-0.2, -0.15) is 0 Å². The lowest BCUT2D eigenvalue weighted by Gasteiger charge is -2.28. The molecule has 6 aromatic rings. The molecule has 12 heteroatoms. The number of nitrogens with one attached hydrogen (secondary N) is 4. The van der Waals surface area contributed by atoms with Gasteiger partial charge in [0.2, 0.25) is 17.7 Å². The number of H-pyrrole nitrogens is 1. The molecule has 10 rings (SSSR count). The SMILES string of the molecule is CC(C)OC(=O)NC1Cc2ccc3c(c2)C24c5cccc(c5NC2O3)-c2cccc3[nH]cc(c23)-c2cnc(o2)-c2nc(oc24)[C@H](C(C)C)NC1=O. The van der Waals surface area contributed by atoms with Crippen molar-refractivity contribution in [2.45, 2.75) is 63.9 Å². The Morgan fingerprint density at radius 2 is 1.84 bits per heavy atom. The molecule has 3 aromatic heterocycles. The van der Waals surface area contributed by atoms with E-state index in [0.29, 0.717) is 23.0 Å². The van der Waals surface area contributed by atoms with Crippen LogP contribution in [0.1, 0.15) is 62.1 Å². The molecule has 4 N–H and O–H groups in total. The van der Waals surface area contributed by atoms with Crippen molar-refractivity contribution in [1.82, 2.24) is 25.6 Å². The van der Waals surface area contributed by atoms with Crippen LogP contribution < -0.4 is 20.7 Å². The molecule has 0 saturated carbocycles. The van der Waals surface area contributed by atoms with Gasteiger partial charge in [0.25, 0.3) is 0 Å². The van der Waals surface area contributed by atoms with Crippen molar-refractivity contribution >= 4 is 28.6 Å². The molecule has 2 amide bonds. The Kier molecular flexibility index (Phi) is 6.14. The minimum absolute atomic E-state index is 0.147. The number of fused-ring (bicyclic) bond motifs is 7. The Bertz CT molecular complexity index is 2440. The van der Waals surface area contributed by atoms with Crippen LogP contribution in [0, 0.1) is 5.92 Å². The molecule has 1 spiro atoms. The highest BCUT2D eigenvalue weighted by molar-refractivity contribution is 6.07. The molecule has 51 heavy (non-hydrogen) atoms. The average molecular weight is 683 g/mol. The van der Waals surface area contributed by atoms with Crippen LogP contribution in [0.25, 0.3) is 44.9 Å². The summed E-state index contributed by atoms with van der Waals surface area (Å²) < 4.78 is 25.8. The Balaban J connectivity index is 1.29. The molecule has 0 radical (unpaired) electrons. The van der Waals surface area contributed by atoms with Crippen molar-refractivity contribution < 1.29 is 27.9 Å². The van der Waals surface area contributed by atoms with Gasteiger partial charge in [-0.15, -0.1) is 0 Å². The van der Waals surface area contributed by atoms with E-state index in [1.165, 1.54) is 0 Å². The van der Waals surface area contributed by atoms with E-state index < -0.39 is 35.7 Å². The highest BCUT2D eigenvalue weighted by atomic mass is 16.6. The second-order valence-corrected chi connectivity index (χ2v) is 14.3. The number of carbonyl (C=O) groups is 2. The summed E-state index contributed by atoms with van der Waals surface area (Å²) in [7, 11) is 0. The van der Waals surface area contributed by atoms with E-state index >= 15 is 0 Å². The summed E-state index contributed by atoms with van der Waals surface area (Å²) in [5, 5.41) is 10.7. The number of aromatic nitrogens is 3. The number of anilines is 1. The number of benzene rings is 3. The summed E-state index contributed by atoms with van der Waals surface area (Å²) >= 11 is 0. The summed E-state index contributed by atoms with van der Waals surface area (Å²) in [4.78, 5) is 40.3. The summed E-state index contributed by atoms with van der Waals surface area (Å²) in [6.07, 6.45) is 2.21. The van der Waals surface area contributed by atoms with Gasteiger partial charge in [0, 0.05) is 51.5 Å². The smallest absolute Gasteiger partial charge is 0.408 e. The molecule has 10 bridgehead atoms. The number of para-hydroxylation sites is 1. The monoisotopic (exact) mass is 682 g/mol. The zero-order valence-electron chi connectivity index (χ0n) is 28.3. The van der Waals surface area contributed by atoms with Crippen LogP contribution in [0.4, 0.5) is 10.5 Å². The minimum atomic E-state index is -1.04.